The van der Waals surface area contributed by atoms with Crippen molar-refractivity contribution in [1.82, 2.24) is 10.2 Å². The summed E-state index contributed by atoms with van der Waals surface area (Å²) in [5.41, 5.74) is 5.60. The smallest absolute Gasteiger partial charge is 0.253 e. The van der Waals surface area contributed by atoms with Crippen molar-refractivity contribution in [2.45, 2.75) is 44.4 Å². The third kappa shape index (κ3) is 5.82. The molecule has 1 spiro atoms. The average Bonchev–Trinajstić information content (AvgIpc) is 3.21. The topological polar surface area (TPSA) is 35.6 Å². The number of nitrogens with zero attached hydrogens (tertiary/aromatic N) is 2. The SMILES string of the molecule is Cc1cc(C)cc(C(=O)N(C)C[C@@H](CCN2CC3(CCNCC3)c3c(F)cccc32)c2ccc(Cl)c(Cl)c2)c1. The fourth-order valence-electron chi connectivity index (χ4n) is 6.52. The highest BCUT2D eigenvalue weighted by atomic mass is 35.5. The molecule has 2 heterocycles. The molecule has 4 nitrogen and oxygen atoms in total. The minimum Gasteiger partial charge on any atom is -0.370 e. The third-order valence-electron chi connectivity index (χ3n) is 8.39. The summed E-state index contributed by atoms with van der Waals surface area (Å²) in [4.78, 5) is 17.6. The van der Waals surface area contributed by atoms with Crippen LogP contribution in [0.2, 0.25) is 10.0 Å². The van der Waals surface area contributed by atoms with Crippen molar-refractivity contribution in [1.29, 1.82) is 0 Å². The number of hydrogen-bond donors (Lipinski definition) is 1. The van der Waals surface area contributed by atoms with Crippen molar-refractivity contribution in [2.75, 3.05) is 44.7 Å². The first-order chi connectivity index (χ1) is 18.7. The van der Waals surface area contributed by atoms with Crippen molar-refractivity contribution >= 4 is 34.8 Å². The number of aryl methyl sites for hydroxylation is 2. The average molecular weight is 569 g/mol. The van der Waals surface area contributed by atoms with Crippen LogP contribution in [0.15, 0.2) is 54.6 Å². The first-order valence-corrected chi connectivity index (χ1v) is 14.5. The van der Waals surface area contributed by atoms with E-state index < -0.39 is 0 Å². The van der Waals surface area contributed by atoms with Gasteiger partial charge in [-0.05, 0) is 88.2 Å². The van der Waals surface area contributed by atoms with Crippen molar-refractivity contribution in [3.8, 4) is 0 Å². The van der Waals surface area contributed by atoms with Gasteiger partial charge in [-0.2, -0.15) is 0 Å². The van der Waals surface area contributed by atoms with Crippen LogP contribution in [-0.4, -0.2) is 50.6 Å². The van der Waals surface area contributed by atoms with Crippen molar-refractivity contribution < 1.29 is 9.18 Å². The molecule has 0 radical (unpaired) electrons. The van der Waals surface area contributed by atoms with Gasteiger partial charge in [0.2, 0.25) is 0 Å². The zero-order chi connectivity index (χ0) is 27.7. The number of likely N-dealkylation sites (N-methyl/N-ethyl adjacent to an activating group) is 1. The van der Waals surface area contributed by atoms with Crippen LogP contribution in [0.1, 0.15) is 57.8 Å². The number of carbonyl (C=O) groups is 1. The lowest BCUT2D eigenvalue weighted by Crippen LogP contribution is -2.43. The second-order valence-electron chi connectivity index (χ2n) is 11.3. The summed E-state index contributed by atoms with van der Waals surface area (Å²) in [7, 11) is 1.86. The first-order valence-electron chi connectivity index (χ1n) is 13.7. The van der Waals surface area contributed by atoms with Crippen LogP contribution in [-0.2, 0) is 5.41 Å². The molecule has 1 N–H and O–H groups in total. The van der Waals surface area contributed by atoms with E-state index in [0.717, 1.165) is 73.4 Å². The molecule has 1 amide bonds. The number of benzene rings is 3. The maximum Gasteiger partial charge on any atom is 0.253 e. The van der Waals surface area contributed by atoms with Crippen LogP contribution >= 0.6 is 23.2 Å². The Balaban J connectivity index is 1.39. The molecule has 0 bridgehead atoms. The Labute approximate surface area is 241 Å². The lowest BCUT2D eigenvalue weighted by molar-refractivity contribution is 0.0785. The fourth-order valence-corrected chi connectivity index (χ4v) is 6.82. The minimum atomic E-state index is -0.152. The van der Waals surface area contributed by atoms with Crippen molar-refractivity contribution in [3.05, 3.63) is 98.3 Å². The van der Waals surface area contributed by atoms with Crippen LogP contribution in [0.4, 0.5) is 10.1 Å². The fraction of sp³-hybridized carbons (Fsp3) is 0.406. The number of carbonyl (C=O) groups excluding carboxylic acids is 1. The Morgan fingerprint density at radius 3 is 2.46 bits per heavy atom. The Morgan fingerprint density at radius 2 is 1.77 bits per heavy atom. The summed E-state index contributed by atoms with van der Waals surface area (Å²) < 4.78 is 15.2. The van der Waals surface area contributed by atoms with Gasteiger partial charge in [0.1, 0.15) is 5.82 Å². The second-order valence-corrected chi connectivity index (χ2v) is 12.1. The molecular formula is C32H36Cl2FN3O. The van der Waals surface area contributed by atoms with Gasteiger partial charge < -0.3 is 15.1 Å². The number of hydrogen-bond acceptors (Lipinski definition) is 3. The predicted molar refractivity (Wildman–Crippen MR) is 159 cm³/mol. The Hall–Kier alpha value is -2.60. The van der Waals surface area contributed by atoms with E-state index >= 15 is 4.39 Å². The van der Waals surface area contributed by atoms with Crippen LogP contribution in [0.25, 0.3) is 0 Å². The predicted octanol–water partition coefficient (Wildman–Crippen LogP) is 7.14. The maximum atomic E-state index is 15.2. The number of amides is 1. The number of anilines is 1. The van der Waals surface area contributed by atoms with E-state index in [9.17, 15) is 4.79 Å². The molecule has 0 saturated carbocycles. The molecule has 206 valence electrons. The van der Waals surface area contributed by atoms with Crippen LogP contribution in [0, 0.1) is 19.7 Å². The zero-order valence-electron chi connectivity index (χ0n) is 22.9. The van der Waals surface area contributed by atoms with Gasteiger partial charge in [-0.25, -0.2) is 4.39 Å². The molecule has 7 heteroatoms. The highest BCUT2D eigenvalue weighted by molar-refractivity contribution is 6.42. The summed E-state index contributed by atoms with van der Waals surface area (Å²) >= 11 is 12.7. The largest absolute Gasteiger partial charge is 0.370 e. The zero-order valence-corrected chi connectivity index (χ0v) is 24.4. The van der Waals surface area contributed by atoms with Gasteiger partial charge in [0.25, 0.3) is 5.91 Å². The molecule has 2 aliphatic rings. The molecule has 1 atom stereocenters. The molecule has 5 rings (SSSR count). The molecule has 2 aliphatic heterocycles. The second kappa shape index (κ2) is 11.5. The summed E-state index contributed by atoms with van der Waals surface area (Å²) in [5, 5.41) is 4.45. The molecule has 0 unspecified atom stereocenters. The molecular weight excluding hydrogens is 532 g/mol. The standard InChI is InChI=1S/C32H36Cl2FN3O/c1-21-15-22(2)17-25(16-21)31(39)37(3)19-24(23-7-8-26(33)27(34)18-23)9-14-38-20-32(10-12-36-13-11-32)30-28(35)5-4-6-29(30)38/h4-8,15-18,24,36H,9-14,19-20H2,1-3H3/t24-/m1/s1. The van der Waals surface area contributed by atoms with Gasteiger partial charge in [0.05, 0.1) is 10.0 Å². The highest BCUT2D eigenvalue weighted by Gasteiger charge is 2.45. The van der Waals surface area contributed by atoms with Crippen LogP contribution in [0.3, 0.4) is 0 Å². The summed E-state index contributed by atoms with van der Waals surface area (Å²) in [5.74, 6) is -0.0768. The first kappa shape index (κ1) is 27.9. The summed E-state index contributed by atoms with van der Waals surface area (Å²) in [6.45, 7) is 7.92. The van der Waals surface area contributed by atoms with Gasteiger partial charge in [0, 0.05) is 54.8 Å². The molecule has 3 aromatic carbocycles. The highest BCUT2D eigenvalue weighted by Crippen LogP contribution is 2.47. The van der Waals surface area contributed by atoms with E-state index in [1.807, 2.05) is 57.3 Å². The third-order valence-corrected chi connectivity index (χ3v) is 9.13. The molecule has 0 aromatic heterocycles. The number of nitrogens with one attached hydrogen (secondary N) is 1. The Kier molecular flexibility index (Phi) is 8.23. The van der Waals surface area contributed by atoms with E-state index in [4.69, 9.17) is 23.2 Å². The lowest BCUT2D eigenvalue weighted by atomic mass is 9.74. The van der Waals surface area contributed by atoms with Gasteiger partial charge in [-0.15, -0.1) is 0 Å². The van der Waals surface area contributed by atoms with E-state index in [2.05, 4.69) is 22.3 Å². The van der Waals surface area contributed by atoms with Crippen molar-refractivity contribution in [3.63, 3.8) is 0 Å². The normalized spacial score (nSPS) is 16.8. The van der Waals surface area contributed by atoms with Gasteiger partial charge in [-0.3, -0.25) is 4.79 Å². The van der Waals surface area contributed by atoms with E-state index in [0.29, 0.717) is 22.2 Å². The minimum absolute atomic E-state index is 0.00546. The van der Waals surface area contributed by atoms with Gasteiger partial charge in [-0.1, -0.05) is 52.5 Å². The number of rotatable bonds is 7. The molecule has 1 saturated heterocycles. The number of fused-ring (bicyclic) bond motifs is 2. The van der Waals surface area contributed by atoms with E-state index in [1.165, 1.54) is 0 Å². The van der Waals surface area contributed by atoms with Crippen molar-refractivity contribution in [2.24, 2.45) is 0 Å². The van der Waals surface area contributed by atoms with Gasteiger partial charge in [0.15, 0.2) is 0 Å². The quantitative estimate of drug-likeness (QED) is 0.329. The molecule has 3 aromatic rings. The Morgan fingerprint density at radius 1 is 1.05 bits per heavy atom. The van der Waals surface area contributed by atoms with Crippen LogP contribution in [0.5, 0.6) is 0 Å². The monoisotopic (exact) mass is 567 g/mol. The van der Waals surface area contributed by atoms with Crippen LogP contribution < -0.4 is 10.2 Å². The maximum absolute atomic E-state index is 15.2. The van der Waals surface area contributed by atoms with E-state index in [1.54, 1.807) is 11.0 Å². The van der Waals surface area contributed by atoms with E-state index in [-0.39, 0.29) is 23.1 Å². The van der Waals surface area contributed by atoms with Gasteiger partial charge >= 0.3 is 0 Å². The lowest BCUT2D eigenvalue weighted by Gasteiger charge is -2.35. The summed E-state index contributed by atoms with van der Waals surface area (Å²) in [6, 6.07) is 17.1. The number of halogens is 3. The molecule has 39 heavy (non-hydrogen) atoms. The summed E-state index contributed by atoms with van der Waals surface area (Å²) in [6.07, 6.45) is 2.65. The Bertz CT molecular complexity index is 1350. The number of piperidine rings is 1. The molecule has 1 fully saturated rings. The molecule has 0 aliphatic carbocycles.